The zero-order valence-corrected chi connectivity index (χ0v) is 23.8. The van der Waals surface area contributed by atoms with Crippen molar-refractivity contribution in [3.8, 4) is 27.8 Å². The van der Waals surface area contributed by atoms with Crippen molar-refractivity contribution in [3.05, 3.63) is 59.5 Å². The monoisotopic (exact) mass is 556 g/mol. The van der Waals surface area contributed by atoms with Crippen molar-refractivity contribution in [2.75, 3.05) is 23.9 Å². The standard InChI is InChI=1S/C28H32N2O4S3/c1-4-5-14-37(32)19-22(17-33-20(2)3)34-27(31)18-36-28-24(16-29)23(21-10-7-6-8-11-21)15-25(30-28)26-12-9-13-35-26/h6-13,15,20,22H,4-5,14,17-19H2,1-3H3. The van der Waals surface area contributed by atoms with Crippen molar-refractivity contribution in [1.29, 1.82) is 5.26 Å². The van der Waals surface area contributed by atoms with E-state index >= 15 is 0 Å². The van der Waals surface area contributed by atoms with E-state index in [1.165, 1.54) is 11.8 Å². The molecule has 0 fully saturated rings. The summed E-state index contributed by atoms with van der Waals surface area (Å²) in [6, 6.07) is 17.8. The summed E-state index contributed by atoms with van der Waals surface area (Å²) in [5, 5.41) is 12.5. The molecule has 37 heavy (non-hydrogen) atoms. The van der Waals surface area contributed by atoms with E-state index in [0.717, 1.165) is 34.5 Å². The maximum atomic E-state index is 12.8. The smallest absolute Gasteiger partial charge is 0.316 e. The predicted molar refractivity (Wildman–Crippen MR) is 152 cm³/mol. The van der Waals surface area contributed by atoms with Crippen LogP contribution in [0.25, 0.3) is 21.7 Å². The first kappa shape index (κ1) is 29.1. The van der Waals surface area contributed by atoms with E-state index in [9.17, 15) is 14.3 Å². The molecular weight excluding hydrogens is 525 g/mol. The molecule has 0 amide bonds. The minimum absolute atomic E-state index is 0.0242. The fourth-order valence-corrected chi connectivity index (χ4v) is 6.32. The van der Waals surface area contributed by atoms with Gasteiger partial charge in [0.05, 0.1) is 40.4 Å². The summed E-state index contributed by atoms with van der Waals surface area (Å²) < 4.78 is 23.8. The number of nitrogens with zero attached hydrogens (tertiary/aromatic N) is 2. The first-order valence-corrected chi connectivity index (χ1v) is 15.6. The zero-order valence-electron chi connectivity index (χ0n) is 21.3. The molecule has 0 saturated carbocycles. The topological polar surface area (TPSA) is 89.3 Å². The molecule has 2 atom stereocenters. The maximum Gasteiger partial charge on any atom is 0.316 e. The molecular formula is C28H32N2O4S3. The van der Waals surface area contributed by atoms with E-state index in [2.05, 4.69) is 6.07 Å². The number of hydrogen-bond acceptors (Lipinski definition) is 8. The lowest BCUT2D eigenvalue weighted by Gasteiger charge is -2.19. The highest BCUT2D eigenvalue weighted by Crippen LogP contribution is 2.35. The third-order valence-corrected chi connectivity index (χ3v) is 8.62. The molecule has 0 N–H and O–H groups in total. The van der Waals surface area contributed by atoms with E-state index in [0.29, 0.717) is 16.3 Å². The van der Waals surface area contributed by atoms with Crippen LogP contribution >= 0.6 is 23.1 Å². The number of benzene rings is 1. The minimum Gasteiger partial charge on any atom is -0.458 e. The number of aromatic nitrogens is 1. The number of rotatable bonds is 14. The second kappa shape index (κ2) is 15.0. The molecule has 196 valence electrons. The molecule has 3 aromatic rings. The highest BCUT2D eigenvalue weighted by atomic mass is 32.2. The van der Waals surface area contributed by atoms with Gasteiger partial charge in [-0.3, -0.25) is 9.00 Å². The molecule has 1 aromatic carbocycles. The normalized spacial score (nSPS) is 12.7. The van der Waals surface area contributed by atoms with E-state index in [4.69, 9.17) is 14.5 Å². The molecule has 0 bridgehead atoms. The van der Waals surface area contributed by atoms with Crippen molar-refractivity contribution in [2.24, 2.45) is 0 Å². The Labute approximate surface area is 229 Å². The van der Waals surface area contributed by atoms with Crippen LogP contribution in [0.5, 0.6) is 0 Å². The van der Waals surface area contributed by atoms with Gasteiger partial charge in [-0.1, -0.05) is 61.5 Å². The molecule has 9 heteroatoms. The van der Waals surface area contributed by atoms with Crippen molar-refractivity contribution in [1.82, 2.24) is 4.98 Å². The van der Waals surface area contributed by atoms with Crippen molar-refractivity contribution in [3.63, 3.8) is 0 Å². The number of unbranched alkanes of at least 4 members (excludes halogenated alkanes) is 1. The Balaban J connectivity index is 1.79. The second-order valence-electron chi connectivity index (χ2n) is 8.64. The summed E-state index contributed by atoms with van der Waals surface area (Å²) in [5.74, 6) is 0.345. The van der Waals surface area contributed by atoms with Gasteiger partial charge in [-0.2, -0.15) is 5.26 Å². The van der Waals surface area contributed by atoms with Crippen LogP contribution < -0.4 is 0 Å². The molecule has 0 saturated heterocycles. The summed E-state index contributed by atoms with van der Waals surface area (Å²) in [4.78, 5) is 18.5. The molecule has 2 unspecified atom stereocenters. The number of ether oxygens (including phenoxy) is 2. The average Bonchev–Trinajstić information content (AvgIpc) is 3.44. The van der Waals surface area contributed by atoms with Gasteiger partial charge in [-0.05, 0) is 43.3 Å². The Morgan fingerprint density at radius 1 is 1.22 bits per heavy atom. The number of hydrogen-bond donors (Lipinski definition) is 0. The highest BCUT2D eigenvalue weighted by molar-refractivity contribution is 8.00. The SMILES string of the molecule is CCCCS(=O)CC(COC(C)C)OC(=O)CSc1nc(-c2cccs2)cc(-c2ccccc2)c1C#N. The number of nitriles is 1. The zero-order chi connectivity index (χ0) is 26.6. The summed E-state index contributed by atoms with van der Waals surface area (Å²) in [5.41, 5.74) is 2.85. The highest BCUT2D eigenvalue weighted by Gasteiger charge is 2.21. The van der Waals surface area contributed by atoms with Crippen molar-refractivity contribution < 1.29 is 18.5 Å². The van der Waals surface area contributed by atoms with Gasteiger partial charge in [0, 0.05) is 22.1 Å². The minimum atomic E-state index is -1.09. The van der Waals surface area contributed by atoms with Crippen LogP contribution in [0.3, 0.4) is 0 Å². The molecule has 0 aliphatic carbocycles. The van der Waals surface area contributed by atoms with Crippen LogP contribution in [0, 0.1) is 11.3 Å². The Morgan fingerprint density at radius 2 is 2.00 bits per heavy atom. The van der Waals surface area contributed by atoms with E-state index < -0.39 is 22.9 Å². The summed E-state index contributed by atoms with van der Waals surface area (Å²) in [6.07, 6.45) is 1.20. The lowest BCUT2D eigenvalue weighted by molar-refractivity contribution is -0.148. The second-order valence-corrected chi connectivity index (χ2v) is 12.2. The number of carbonyl (C=O) groups excluding carboxylic acids is 1. The maximum absolute atomic E-state index is 12.8. The van der Waals surface area contributed by atoms with E-state index in [-0.39, 0.29) is 24.2 Å². The van der Waals surface area contributed by atoms with Gasteiger partial charge in [-0.15, -0.1) is 11.3 Å². The Kier molecular flexibility index (Phi) is 11.8. The number of thiophene rings is 1. The van der Waals surface area contributed by atoms with Gasteiger partial charge in [0.1, 0.15) is 17.2 Å². The van der Waals surface area contributed by atoms with Gasteiger partial charge in [-0.25, -0.2) is 4.98 Å². The summed E-state index contributed by atoms with van der Waals surface area (Å²) in [7, 11) is -1.09. The number of carbonyl (C=O) groups is 1. The first-order valence-electron chi connectivity index (χ1n) is 12.2. The number of thioether (sulfide) groups is 1. The van der Waals surface area contributed by atoms with Crippen LogP contribution in [-0.2, 0) is 25.1 Å². The van der Waals surface area contributed by atoms with Crippen molar-refractivity contribution >= 4 is 39.9 Å². The molecule has 6 nitrogen and oxygen atoms in total. The Hall–Kier alpha value is -2.51. The molecule has 2 heterocycles. The molecule has 2 aromatic heterocycles. The van der Waals surface area contributed by atoms with Crippen LogP contribution in [-0.4, -0.2) is 51.2 Å². The van der Waals surface area contributed by atoms with Crippen LogP contribution in [0.1, 0.15) is 39.2 Å². The summed E-state index contributed by atoms with van der Waals surface area (Å²) in [6.45, 7) is 6.05. The number of esters is 1. The predicted octanol–water partition coefficient (Wildman–Crippen LogP) is 6.33. The van der Waals surface area contributed by atoms with Crippen LogP contribution in [0.4, 0.5) is 0 Å². The molecule has 0 aliphatic rings. The fourth-order valence-electron chi connectivity index (χ4n) is 3.49. The number of pyridine rings is 1. The Morgan fingerprint density at radius 3 is 2.65 bits per heavy atom. The molecule has 0 aliphatic heterocycles. The first-order chi connectivity index (χ1) is 17.9. The van der Waals surface area contributed by atoms with Crippen LogP contribution in [0.15, 0.2) is 58.9 Å². The van der Waals surface area contributed by atoms with Gasteiger partial charge in [0.15, 0.2) is 0 Å². The third kappa shape index (κ3) is 9.08. The Bertz CT molecular complexity index is 1210. The third-order valence-electron chi connectivity index (χ3n) is 5.29. The van der Waals surface area contributed by atoms with E-state index in [1.807, 2.05) is 74.7 Å². The molecule has 0 radical (unpaired) electrons. The lowest BCUT2D eigenvalue weighted by atomic mass is 10.0. The largest absolute Gasteiger partial charge is 0.458 e. The van der Waals surface area contributed by atoms with Crippen LogP contribution in [0.2, 0.25) is 0 Å². The lowest BCUT2D eigenvalue weighted by Crippen LogP contribution is -2.31. The quantitative estimate of drug-likeness (QED) is 0.169. The van der Waals surface area contributed by atoms with E-state index in [1.54, 1.807) is 11.3 Å². The van der Waals surface area contributed by atoms with Gasteiger partial charge in [0.25, 0.3) is 0 Å². The fraction of sp³-hybridized carbons (Fsp3) is 0.393. The van der Waals surface area contributed by atoms with Gasteiger partial charge < -0.3 is 9.47 Å². The molecule has 0 spiro atoms. The van der Waals surface area contributed by atoms with Gasteiger partial charge in [0.2, 0.25) is 0 Å². The molecule has 3 rings (SSSR count). The van der Waals surface area contributed by atoms with Crippen molar-refractivity contribution in [2.45, 2.75) is 50.8 Å². The van der Waals surface area contributed by atoms with Gasteiger partial charge >= 0.3 is 5.97 Å². The summed E-state index contributed by atoms with van der Waals surface area (Å²) >= 11 is 2.74. The average molecular weight is 557 g/mol.